The van der Waals surface area contributed by atoms with Gasteiger partial charge >= 0.3 is 6.03 Å². The van der Waals surface area contributed by atoms with Gasteiger partial charge in [0.25, 0.3) is 0 Å². The summed E-state index contributed by atoms with van der Waals surface area (Å²) < 4.78 is 2.14. The number of imidazole rings is 1. The highest BCUT2D eigenvalue weighted by Gasteiger charge is 2.53. The molecule has 1 aromatic heterocycles. The predicted octanol–water partition coefficient (Wildman–Crippen LogP) is 5.20. The maximum atomic E-state index is 13.7. The molecule has 7 rings (SSSR count). The summed E-state index contributed by atoms with van der Waals surface area (Å²) in [5.74, 6) is 0.342. The first-order chi connectivity index (χ1) is 17.0. The molecule has 3 aliphatic carbocycles. The molecule has 7 heteroatoms. The van der Waals surface area contributed by atoms with Crippen LogP contribution in [-0.4, -0.2) is 26.9 Å². The zero-order chi connectivity index (χ0) is 24.0. The van der Waals surface area contributed by atoms with Crippen molar-refractivity contribution in [2.45, 2.75) is 56.5 Å². The number of hydrogen-bond donors (Lipinski definition) is 2. The van der Waals surface area contributed by atoms with Gasteiger partial charge in [0.2, 0.25) is 0 Å². The van der Waals surface area contributed by atoms with Crippen LogP contribution in [0.1, 0.15) is 62.1 Å². The average molecular weight is 466 g/mol. The van der Waals surface area contributed by atoms with Crippen LogP contribution >= 0.6 is 0 Å². The van der Waals surface area contributed by atoms with Gasteiger partial charge in [0.05, 0.1) is 35.9 Å². The first kappa shape index (κ1) is 21.6. The second kappa shape index (κ2) is 8.09. The van der Waals surface area contributed by atoms with E-state index in [0.29, 0.717) is 23.5 Å². The van der Waals surface area contributed by atoms with E-state index in [1.807, 2.05) is 24.7 Å². The second-order valence-electron chi connectivity index (χ2n) is 10.2. The topological polar surface area (TPSA) is 99.8 Å². The van der Waals surface area contributed by atoms with Gasteiger partial charge < -0.3 is 15.2 Å². The van der Waals surface area contributed by atoms with Gasteiger partial charge in [-0.1, -0.05) is 24.3 Å². The van der Waals surface area contributed by atoms with Crippen molar-refractivity contribution >= 4 is 17.5 Å². The molecule has 3 saturated carbocycles. The number of carbonyl (C=O) groups excluding carboxylic acids is 2. The van der Waals surface area contributed by atoms with E-state index in [0.717, 1.165) is 44.2 Å². The van der Waals surface area contributed by atoms with E-state index in [2.05, 4.69) is 38.4 Å². The summed E-state index contributed by atoms with van der Waals surface area (Å²) in [6.45, 7) is 0. The predicted molar refractivity (Wildman–Crippen MR) is 132 cm³/mol. The Morgan fingerprint density at radius 1 is 1.03 bits per heavy atom. The maximum Gasteiger partial charge on any atom is 0.319 e. The molecule has 35 heavy (non-hydrogen) atoms. The Labute approximate surface area is 204 Å². The van der Waals surface area contributed by atoms with Crippen molar-refractivity contribution in [3.05, 3.63) is 72.2 Å². The largest absolute Gasteiger partial charge is 0.332 e. The number of Topliss-reactive ketones (excluding diaryl/α,β-unsaturated/α-hetero) is 1. The zero-order valence-electron chi connectivity index (χ0n) is 19.5. The first-order valence-corrected chi connectivity index (χ1v) is 12.2. The number of fused-ring (bicyclic) bond motifs is 6. The first-order valence-electron chi connectivity index (χ1n) is 12.2. The van der Waals surface area contributed by atoms with Crippen molar-refractivity contribution in [1.82, 2.24) is 14.9 Å². The minimum Gasteiger partial charge on any atom is -0.332 e. The number of nitrogens with zero attached hydrogens (tertiary/aromatic N) is 3. The molecule has 2 bridgehead atoms. The van der Waals surface area contributed by atoms with Gasteiger partial charge in [0, 0.05) is 28.6 Å². The minimum absolute atomic E-state index is 0.00973. The maximum absolute atomic E-state index is 13.7. The van der Waals surface area contributed by atoms with Crippen LogP contribution in [0.2, 0.25) is 0 Å². The molecule has 1 aliphatic heterocycles. The molecule has 2 amide bonds. The van der Waals surface area contributed by atoms with Gasteiger partial charge in [0.1, 0.15) is 5.78 Å². The van der Waals surface area contributed by atoms with E-state index in [1.165, 1.54) is 11.1 Å². The standard InChI is InChI=1S/C28H27N5O2/c29-16-19-5-7-20(8-6-19)31-26(35)32-28-12-9-27(10-13-28,11-14-28)25(34)15-23-21-3-1-2-4-22(21)24-17-30-18-33(23)24/h1-8,17-18,23H,9-15H2,(H2,31,32,35). The normalized spacial score (nSPS) is 25.9. The lowest BCUT2D eigenvalue weighted by molar-refractivity contribution is -0.136. The molecule has 2 aromatic carbocycles. The molecule has 2 N–H and O–H groups in total. The second-order valence-corrected chi connectivity index (χ2v) is 10.2. The summed E-state index contributed by atoms with van der Waals surface area (Å²) in [6.07, 6.45) is 9.10. The van der Waals surface area contributed by atoms with Crippen molar-refractivity contribution in [3.63, 3.8) is 0 Å². The Morgan fingerprint density at radius 2 is 1.74 bits per heavy atom. The molecule has 2 heterocycles. The van der Waals surface area contributed by atoms with E-state index >= 15 is 0 Å². The van der Waals surface area contributed by atoms with Crippen LogP contribution in [0.15, 0.2) is 61.1 Å². The fourth-order valence-corrected chi connectivity index (χ4v) is 6.36. The molecule has 3 aromatic rings. The van der Waals surface area contributed by atoms with E-state index in [9.17, 15) is 9.59 Å². The van der Waals surface area contributed by atoms with Gasteiger partial charge in [-0.2, -0.15) is 5.26 Å². The molecular weight excluding hydrogens is 438 g/mol. The average Bonchev–Trinajstić information content (AvgIpc) is 3.48. The third-order valence-corrected chi connectivity index (χ3v) is 8.46. The molecule has 1 unspecified atom stereocenters. The number of aromatic nitrogens is 2. The third kappa shape index (κ3) is 3.61. The van der Waals surface area contributed by atoms with E-state index < -0.39 is 0 Å². The summed E-state index contributed by atoms with van der Waals surface area (Å²) in [7, 11) is 0. The van der Waals surface area contributed by atoms with Gasteiger partial charge in [-0.25, -0.2) is 9.78 Å². The number of carbonyl (C=O) groups is 2. The monoisotopic (exact) mass is 465 g/mol. The number of hydrogen-bond acceptors (Lipinski definition) is 4. The number of benzene rings is 2. The number of anilines is 1. The Balaban J connectivity index is 1.11. The lowest BCUT2D eigenvalue weighted by Crippen LogP contribution is -2.59. The summed E-state index contributed by atoms with van der Waals surface area (Å²) in [4.78, 5) is 30.8. The smallest absolute Gasteiger partial charge is 0.319 e. The van der Waals surface area contributed by atoms with Crippen LogP contribution in [0.4, 0.5) is 10.5 Å². The minimum atomic E-state index is -0.286. The number of rotatable bonds is 5. The number of amides is 2. The van der Waals surface area contributed by atoms with Crippen LogP contribution in [0.25, 0.3) is 11.3 Å². The van der Waals surface area contributed by atoms with Crippen molar-refractivity contribution in [1.29, 1.82) is 5.26 Å². The molecule has 0 radical (unpaired) electrons. The fourth-order valence-electron chi connectivity index (χ4n) is 6.36. The Morgan fingerprint density at radius 3 is 2.46 bits per heavy atom. The summed E-state index contributed by atoms with van der Waals surface area (Å²) >= 11 is 0. The van der Waals surface area contributed by atoms with E-state index in [4.69, 9.17) is 5.26 Å². The highest BCUT2D eigenvalue weighted by molar-refractivity contribution is 5.90. The van der Waals surface area contributed by atoms with Crippen LogP contribution in [-0.2, 0) is 4.79 Å². The molecule has 0 spiro atoms. The van der Waals surface area contributed by atoms with Crippen LogP contribution in [0, 0.1) is 16.7 Å². The van der Waals surface area contributed by atoms with E-state index in [1.54, 1.807) is 24.3 Å². The van der Waals surface area contributed by atoms with Gasteiger partial charge in [-0.15, -0.1) is 0 Å². The third-order valence-electron chi connectivity index (χ3n) is 8.46. The number of urea groups is 1. The number of nitrogens with one attached hydrogen (secondary N) is 2. The van der Waals surface area contributed by atoms with Crippen LogP contribution in [0.3, 0.4) is 0 Å². The Bertz CT molecular complexity index is 1330. The Hall–Kier alpha value is -3.92. The van der Waals surface area contributed by atoms with Crippen molar-refractivity contribution in [2.75, 3.05) is 5.32 Å². The molecule has 3 fully saturated rings. The summed E-state index contributed by atoms with van der Waals surface area (Å²) in [5, 5.41) is 15.0. The van der Waals surface area contributed by atoms with Gasteiger partial charge in [0.15, 0.2) is 0 Å². The molecule has 4 aliphatic rings. The molecule has 0 saturated heterocycles. The van der Waals surface area contributed by atoms with Crippen molar-refractivity contribution in [3.8, 4) is 17.3 Å². The van der Waals surface area contributed by atoms with Gasteiger partial charge in [-0.05, 0) is 68.4 Å². The lowest BCUT2D eigenvalue weighted by Gasteiger charge is -2.53. The molecular formula is C28H27N5O2. The van der Waals surface area contributed by atoms with Crippen LogP contribution < -0.4 is 10.6 Å². The van der Waals surface area contributed by atoms with Crippen molar-refractivity contribution < 1.29 is 9.59 Å². The Kier molecular flexibility index (Phi) is 4.99. The number of ketones is 1. The van der Waals surface area contributed by atoms with E-state index in [-0.39, 0.29) is 23.0 Å². The summed E-state index contributed by atoms with van der Waals surface area (Å²) in [5.41, 5.74) is 4.13. The number of nitriles is 1. The summed E-state index contributed by atoms with van der Waals surface area (Å²) in [6, 6.07) is 17.0. The van der Waals surface area contributed by atoms with Crippen molar-refractivity contribution in [2.24, 2.45) is 5.41 Å². The highest BCUT2D eigenvalue weighted by Crippen LogP contribution is 2.54. The molecule has 176 valence electrons. The van der Waals surface area contributed by atoms with Crippen LogP contribution in [0.5, 0.6) is 0 Å². The molecule has 1 atom stereocenters. The lowest BCUT2D eigenvalue weighted by atomic mass is 9.55. The SMILES string of the molecule is N#Cc1ccc(NC(=O)NC23CCC(C(=O)CC4c5ccccc5-c5cncn54)(CC2)CC3)cc1. The molecule has 7 nitrogen and oxygen atoms in total. The van der Waals surface area contributed by atoms with Gasteiger partial charge in [-0.3, -0.25) is 4.79 Å². The fraction of sp³-hybridized carbons (Fsp3) is 0.357. The zero-order valence-corrected chi connectivity index (χ0v) is 19.5. The quantitative estimate of drug-likeness (QED) is 0.541. The highest BCUT2D eigenvalue weighted by atomic mass is 16.2.